The Labute approximate surface area is 253 Å². The molecule has 2 unspecified atom stereocenters. The van der Waals surface area contributed by atoms with Gasteiger partial charge in [-0.2, -0.15) is 0 Å². The van der Waals surface area contributed by atoms with Gasteiger partial charge in [-0.25, -0.2) is 4.79 Å². The third kappa shape index (κ3) is 6.03. The summed E-state index contributed by atoms with van der Waals surface area (Å²) in [5.74, 6) is -2.68. The third-order valence-electron chi connectivity index (χ3n) is 11.6. The van der Waals surface area contributed by atoms with Crippen molar-refractivity contribution in [2.45, 2.75) is 117 Å². The molecule has 1 amide bonds. The van der Waals surface area contributed by atoms with Crippen LogP contribution in [0.15, 0.2) is 11.6 Å². The molecular formula is C33H47NO9. The Kier molecular flexibility index (Phi) is 9.57. The van der Waals surface area contributed by atoms with Crippen molar-refractivity contribution in [3.05, 3.63) is 11.6 Å². The van der Waals surface area contributed by atoms with Crippen molar-refractivity contribution < 1.29 is 43.3 Å². The molecule has 10 nitrogen and oxygen atoms in total. The number of ketones is 2. The molecule has 3 fully saturated rings. The first-order valence-corrected chi connectivity index (χ1v) is 15.8. The van der Waals surface area contributed by atoms with E-state index in [1.807, 2.05) is 19.9 Å². The smallest absolute Gasteiger partial charge is 0.326 e. The summed E-state index contributed by atoms with van der Waals surface area (Å²) in [7, 11) is 0. The highest BCUT2D eigenvalue weighted by Crippen LogP contribution is 2.68. The number of fused-ring (bicyclic) bond motifs is 5. The SMILES string of the molecule is CCC(C)C(NC(=O)CCC(=O)OCC(=O)[C@@]1(OC(C)=O)CC[C@H]2[C@@H]3CCC4=CC(=O)CC[C@]4(C)[C@H]3CC[C@@]21C)C(=O)O. The lowest BCUT2D eigenvalue weighted by atomic mass is 9.46. The van der Waals surface area contributed by atoms with Crippen LogP contribution in [0.2, 0.25) is 0 Å². The standard InChI is InChI=1S/C33H47NO9/c1-6-19(2)29(30(40)41)34-27(38)9-10-28(39)42-18-26(37)33(43-20(3)35)16-13-25-23-8-7-21-17-22(36)11-14-31(21,4)24(23)12-15-32(25,33)5/h17,19,23-25,29H,6-16,18H2,1-5H3,(H,34,38)(H,40,41)/t19?,23-,24+,25+,29?,31+,32+,33+/m1/s1. The number of carbonyl (C=O) groups is 6. The van der Waals surface area contributed by atoms with Crippen molar-refractivity contribution in [3.63, 3.8) is 0 Å². The summed E-state index contributed by atoms with van der Waals surface area (Å²) in [6.45, 7) is 8.60. The van der Waals surface area contributed by atoms with E-state index in [0.717, 1.165) is 32.1 Å². The van der Waals surface area contributed by atoms with E-state index in [9.17, 15) is 33.9 Å². The van der Waals surface area contributed by atoms with Crippen molar-refractivity contribution in [1.29, 1.82) is 0 Å². The van der Waals surface area contributed by atoms with E-state index in [0.29, 0.717) is 37.5 Å². The van der Waals surface area contributed by atoms with Gasteiger partial charge in [0, 0.05) is 25.2 Å². The Hall–Kier alpha value is -3.04. The molecule has 4 aliphatic carbocycles. The van der Waals surface area contributed by atoms with Gasteiger partial charge in [0.2, 0.25) is 11.7 Å². The maximum atomic E-state index is 13.9. The average molecular weight is 602 g/mol. The molecule has 4 rings (SSSR count). The number of allylic oxidation sites excluding steroid dienone is 1. The van der Waals surface area contributed by atoms with Crippen LogP contribution in [0.1, 0.15) is 105 Å². The van der Waals surface area contributed by atoms with Gasteiger partial charge in [-0.1, -0.05) is 39.7 Å². The first-order chi connectivity index (χ1) is 20.2. The van der Waals surface area contributed by atoms with Crippen LogP contribution in [0.4, 0.5) is 0 Å². The van der Waals surface area contributed by atoms with E-state index < -0.39 is 53.3 Å². The Bertz CT molecular complexity index is 1210. The molecule has 4 aliphatic rings. The molecule has 3 saturated carbocycles. The number of rotatable bonds is 11. The first kappa shape index (κ1) is 32.9. The van der Waals surface area contributed by atoms with Crippen LogP contribution in [0.3, 0.4) is 0 Å². The molecule has 0 aromatic carbocycles. The van der Waals surface area contributed by atoms with Crippen LogP contribution in [0, 0.1) is 34.5 Å². The van der Waals surface area contributed by atoms with Crippen LogP contribution < -0.4 is 5.32 Å². The van der Waals surface area contributed by atoms with Crippen LogP contribution in [0.25, 0.3) is 0 Å². The van der Waals surface area contributed by atoms with Gasteiger partial charge >= 0.3 is 17.9 Å². The summed E-state index contributed by atoms with van der Waals surface area (Å²) in [4.78, 5) is 74.8. The number of carbonyl (C=O) groups excluding carboxylic acids is 5. The molecule has 0 saturated heterocycles. The van der Waals surface area contributed by atoms with Gasteiger partial charge in [-0.05, 0) is 80.1 Å². The van der Waals surface area contributed by atoms with Crippen molar-refractivity contribution in [1.82, 2.24) is 5.32 Å². The van der Waals surface area contributed by atoms with E-state index in [-0.39, 0.29) is 35.9 Å². The Balaban J connectivity index is 1.42. The summed E-state index contributed by atoms with van der Waals surface area (Å²) in [6.07, 6.45) is 7.67. The quantitative estimate of drug-likeness (QED) is 0.330. The number of carboxylic acids is 1. The topological polar surface area (TPSA) is 153 Å². The van der Waals surface area contributed by atoms with Gasteiger partial charge in [0.15, 0.2) is 18.0 Å². The molecule has 2 N–H and O–H groups in total. The second kappa shape index (κ2) is 12.5. The molecule has 0 aromatic rings. The lowest BCUT2D eigenvalue weighted by Crippen LogP contribution is -2.59. The predicted molar refractivity (Wildman–Crippen MR) is 155 cm³/mol. The van der Waals surface area contributed by atoms with E-state index in [4.69, 9.17) is 9.47 Å². The lowest BCUT2D eigenvalue weighted by molar-refractivity contribution is -0.191. The van der Waals surface area contributed by atoms with Gasteiger partial charge in [-0.3, -0.25) is 24.0 Å². The van der Waals surface area contributed by atoms with E-state index >= 15 is 0 Å². The maximum absolute atomic E-state index is 13.9. The monoisotopic (exact) mass is 601 g/mol. The van der Waals surface area contributed by atoms with E-state index in [2.05, 4.69) is 12.2 Å². The number of ether oxygens (including phenoxy) is 2. The third-order valence-corrected chi connectivity index (χ3v) is 11.6. The summed E-state index contributed by atoms with van der Waals surface area (Å²) < 4.78 is 11.2. The predicted octanol–water partition coefficient (Wildman–Crippen LogP) is 4.33. The number of nitrogens with one attached hydrogen (secondary N) is 1. The zero-order chi connectivity index (χ0) is 31.7. The second-order valence-electron chi connectivity index (χ2n) is 13.7. The molecule has 238 valence electrons. The highest BCUT2D eigenvalue weighted by molar-refractivity contribution is 5.94. The lowest BCUT2D eigenvalue weighted by Gasteiger charge is -2.59. The van der Waals surface area contributed by atoms with Crippen LogP contribution in [-0.2, 0) is 38.2 Å². The summed E-state index contributed by atoms with van der Waals surface area (Å²) in [5.41, 5.74) is -0.799. The fourth-order valence-corrected chi connectivity index (χ4v) is 8.96. The molecular weight excluding hydrogens is 554 g/mol. The number of esters is 2. The van der Waals surface area contributed by atoms with Crippen LogP contribution in [-0.4, -0.2) is 58.7 Å². The van der Waals surface area contributed by atoms with E-state index in [1.165, 1.54) is 12.5 Å². The number of hydrogen-bond acceptors (Lipinski definition) is 8. The fraction of sp³-hybridized carbons (Fsp3) is 0.758. The molecule has 0 heterocycles. The molecule has 10 heteroatoms. The first-order valence-electron chi connectivity index (χ1n) is 15.8. The highest BCUT2D eigenvalue weighted by atomic mass is 16.6. The van der Waals surface area contributed by atoms with Gasteiger partial charge in [0.25, 0.3) is 0 Å². The van der Waals surface area contributed by atoms with Crippen molar-refractivity contribution in [3.8, 4) is 0 Å². The average Bonchev–Trinajstić information content (AvgIpc) is 3.25. The number of amides is 1. The molecule has 0 aliphatic heterocycles. The molecule has 0 bridgehead atoms. The number of Topliss-reactive ketones (excluding diaryl/α,β-unsaturated/α-hetero) is 1. The van der Waals surface area contributed by atoms with Crippen molar-refractivity contribution in [2.75, 3.05) is 6.61 Å². The largest absolute Gasteiger partial charge is 0.480 e. The van der Waals surface area contributed by atoms with Crippen LogP contribution in [0.5, 0.6) is 0 Å². The van der Waals surface area contributed by atoms with Gasteiger partial charge < -0.3 is 19.9 Å². The minimum absolute atomic E-state index is 0.0320. The minimum Gasteiger partial charge on any atom is -0.480 e. The number of hydrogen-bond donors (Lipinski definition) is 2. The van der Waals surface area contributed by atoms with Gasteiger partial charge in [0.05, 0.1) is 6.42 Å². The molecule has 8 atom stereocenters. The summed E-state index contributed by atoms with van der Waals surface area (Å²) >= 11 is 0. The van der Waals surface area contributed by atoms with Gasteiger partial charge in [-0.15, -0.1) is 0 Å². The fourth-order valence-electron chi connectivity index (χ4n) is 8.96. The summed E-state index contributed by atoms with van der Waals surface area (Å²) in [6, 6.07) is -1.06. The zero-order valence-electron chi connectivity index (χ0n) is 26.2. The minimum atomic E-state index is -1.41. The summed E-state index contributed by atoms with van der Waals surface area (Å²) in [5, 5.41) is 11.8. The van der Waals surface area contributed by atoms with E-state index in [1.54, 1.807) is 6.92 Å². The number of carboxylic acid groups (broad SMARTS) is 1. The Morgan fingerprint density at radius 2 is 1.72 bits per heavy atom. The van der Waals surface area contributed by atoms with Crippen molar-refractivity contribution in [2.24, 2.45) is 34.5 Å². The van der Waals surface area contributed by atoms with Gasteiger partial charge in [0.1, 0.15) is 6.04 Å². The zero-order valence-corrected chi connectivity index (χ0v) is 26.2. The molecule has 43 heavy (non-hydrogen) atoms. The molecule has 0 spiro atoms. The Morgan fingerprint density at radius 1 is 1.02 bits per heavy atom. The number of aliphatic carboxylic acids is 1. The maximum Gasteiger partial charge on any atom is 0.326 e. The highest BCUT2D eigenvalue weighted by Gasteiger charge is 2.68. The van der Waals surface area contributed by atoms with Crippen molar-refractivity contribution >= 4 is 35.4 Å². The molecule has 0 radical (unpaired) electrons. The Morgan fingerprint density at radius 3 is 2.37 bits per heavy atom. The normalized spacial score (nSPS) is 34.4. The second-order valence-corrected chi connectivity index (χ2v) is 13.7. The van der Waals surface area contributed by atoms with Crippen LogP contribution >= 0.6 is 0 Å². The molecule has 0 aromatic heterocycles.